The number of piperidine rings is 1. The van der Waals surface area contributed by atoms with Gasteiger partial charge in [0.05, 0.1) is 5.60 Å². The second-order valence-corrected chi connectivity index (χ2v) is 8.59. The lowest BCUT2D eigenvalue weighted by atomic mass is 9.84. The largest absolute Gasteiger partial charge is 0.384 e. The summed E-state index contributed by atoms with van der Waals surface area (Å²) >= 11 is 1.65. The second-order valence-electron chi connectivity index (χ2n) is 7.81. The molecule has 4 heteroatoms. The predicted molar refractivity (Wildman–Crippen MR) is 97.9 cm³/mol. The average Bonchev–Trinajstić information content (AvgIpc) is 3.10. The quantitative estimate of drug-likeness (QED) is 0.862. The molecule has 1 saturated heterocycles. The molecule has 0 amide bonds. The molecule has 1 aliphatic heterocycles. The van der Waals surface area contributed by atoms with Crippen molar-refractivity contribution >= 4 is 11.3 Å². The van der Waals surface area contributed by atoms with Crippen LogP contribution in [0, 0.1) is 5.92 Å². The number of rotatable bonds is 5. The molecule has 3 atom stereocenters. The summed E-state index contributed by atoms with van der Waals surface area (Å²) < 4.78 is 0. The molecule has 0 aromatic carbocycles. The van der Waals surface area contributed by atoms with Gasteiger partial charge in [0.1, 0.15) is 0 Å². The van der Waals surface area contributed by atoms with Crippen molar-refractivity contribution in [1.29, 1.82) is 0 Å². The molecular weight excluding hydrogens is 304 g/mol. The molecule has 3 unspecified atom stereocenters. The number of hydrogen-bond donors (Lipinski definition) is 2. The van der Waals surface area contributed by atoms with E-state index < -0.39 is 5.60 Å². The molecule has 1 saturated carbocycles. The average molecular weight is 337 g/mol. The Balaban J connectivity index is 1.44. The molecule has 0 bridgehead atoms. The van der Waals surface area contributed by atoms with Crippen LogP contribution in [-0.2, 0) is 5.60 Å². The maximum absolute atomic E-state index is 10.6. The fourth-order valence-corrected chi connectivity index (χ4v) is 5.07. The Kier molecular flexibility index (Phi) is 5.78. The molecule has 2 fully saturated rings. The Labute approximate surface area is 145 Å². The highest BCUT2D eigenvalue weighted by molar-refractivity contribution is 7.08. The number of nitrogens with zero attached hydrogens (tertiary/aromatic N) is 1. The minimum atomic E-state index is -0.755. The van der Waals surface area contributed by atoms with E-state index in [1.54, 1.807) is 11.3 Å². The smallest absolute Gasteiger partial charge is 0.1000 e. The first-order chi connectivity index (χ1) is 11.1. The van der Waals surface area contributed by atoms with Gasteiger partial charge in [-0.05, 0) is 74.0 Å². The topological polar surface area (TPSA) is 35.5 Å². The molecule has 2 heterocycles. The van der Waals surface area contributed by atoms with Crippen molar-refractivity contribution in [2.75, 3.05) is 19.6 Å². The van der Waals surface area contributed by atoms with Gasteiger partial charge in [-0.2, -0.15) is 11.3 Å². The highest BCUT2D eigenvalue weighted by Gasteiger charge is 2.31. The van der Waals surface area contributed by atoms with Gasteiger partial charge in [0.15, 0.2) is 0 Å². The Morgan fingerprint density at radius 2 is 2.00 bits per heavy atom. The van der Waals surface area contributed by atoms with Crippen molar-refractivity contribution in [2.45, 2.75) is 70.1 Å². The van der Waals surface area contributed by atoms with Crippen LogP contribution in [0.5, 0.6) is 0 Å². The van der Waals surface area contributed by atoms with Gasteiger partial charge in [0.2, 0.25) is 0 Å². The number of hydrogen-bond acceptors (Lipinski definition) is 4. The fraction of sp³-hybridized carbons (Fsp3) is 0.789. The number of aliphatic hydroxyl groups is 1. The molecule has 2 aliphatic rings. The highest BCUT2D eigenvalue weighted by atomic mass is 32.1. The van der Waals surface area contributed by atoms with Crippen LogP contribution in [0.3, 0.4) is 0 Å². The zero-order valence-electron chi connectivity index (χ0n) is 14.6. The third-order valence-corrected chi connectivity index (χ3v) is 6.63. The van der Waals surface area contributed by atoms with E-state index in [1.165, 1.54) is 51.6 Å². The summed E-state index contributed by atoms with van der Waals surface area (Å²) in [6.45, 7) is 7.43. The minimum Gasteiger partial charge on any atom is -0.384 e. The first-order valence-electron chi connectivity index (χ1n) is 9.29. The van der Waals surface area contributed by atoms with Gasteiger partial charge >= 0.3 is 0 Å². The number of likely N-dealkylation sites (tertiary alicyclic amines) is 1. The summed E-state index contributed by atoms with van der Waals surface area (Å²) in [4.78, 5) is 2.74. The zero-order valence-corrected chi connectivity index (χ0v) is 15.4. The zero-order chi connectivity index (χ0) is 16.3. The highest BCUT2D eigenvalue weighted by Crippen LogP contribution is 2.30. The lowest BCUT2D eigenvalue weighted by molar-refractivity contribution is 0.0440. The van der Waals surface area contributed by atoms with E-state index in [0.717, 1.165) is 17.5 Å². The van der Waals surface area contributed by atoms with Crippen LogP contribution < -0.4 is 5.32 Å². The fourth-order valence-electron chi connectivity index (χ4n) is 4.29. The molecule has 23 heavy (non-hydrogen) atoms. The first kappa shape index (κ1) is 17.4. The second kappa shape index (κ2) is 7.64. The van der Waals surface area contributed by atoms with Crippen LogP contribution in [0.2, 0.25) is 0 Å². The van der Waals surface area contributed by atoms with Crippen molar-refractivity contribution in [2.24, 2.45) is 5.92 Å². The van der Waals surface area contributed by atoms with Crippen LogP contribution in [-0.4, -0.2) is 41.7 Å². The van der Waals surface area contributed by atoms with E-state index in [9.17, 15) is 5.11 Å². The van der Waals surface area contributed by atoms with Crippen molar-refractivity contribution in [1.82, 2.24) is 10.2 Å². The summed E-state index contributed by atoms with van der Waals surface area (Å²) in [6, 6.07) is 3.40. The third-order valence-electron chi connectivity index (χ3n) is 5.94. The van der Waals surface area contributed by atoms with Crippen molar-refractivity contribution in [3.63, 3.8) is 0 Å². The Hall–Kier alpha value is -0.420. The predicted octanol–water partition coefficient (Wildman–Crippen LogP) is 3.59. The first-order valence-corrected chi connectivity index (χ1v) is 10.2. The lowest BCUT2D eigenvalue weighted by Gasteiger charge is -2.43. The lowest BCUT2D eigenvalue weighted by Crippen LogP contribution is -2.51. The Bertz CT molecular complexity index is 466. The Morgan fingerprint density at radius 1 is 1.26 bits per heavy atom. The molecule has 0 radical (unpaired) electrons. The molecule has 1 aromatic heterocycles. The van der Waals surface area contributed by atoms with E-state index in [1.807, 2.05) is 18.4 Å². The molecule has 130 valence electrons. The maximum atomic E-state index is 10.6. The maximum Gasteiger partial charge on any atom is 0.1000 e. The van der Waals surface area contributed by atoms with Gasteiger partial charge in [-0.3, -0.25) is 0 Å². The van der Waals surface area contributed by atoms with Gasteiger partial charge in [-0.25, -0.2) is 0 Å². The van der Waals surface area contributed by atoms with Crippen LogP contribution in [0.25, 0.3) is 0 Å². The molecule has 0 spiro atoms. The van der Waals surface area contributed by atoms with Gasteiger partial charge < -0.3 is 15.3 Å². The summed E-state index contributed by atoms with van der Waals surface area (Å²) in [6.07, 6.45) is 8.06. The number of nitrogens with one attached hydrogen (secondary N) is 1. The third kappa shape index (κ3) is 4.36. The molecule has 1 aromatic rings. The standard InChI is InChI=1S/C19H32N2OS/c1-15-5-3-4-6-18(15)21-10-7-17(8-11-21)20-14-19(2,22)16-9-12-23-13-16/h9,12-13,15,17-18,20,22H,3-8,10-11,14H2,1-2H3. The van der Waals surface area contributed by atoms with Crippen LogP contribution in [0.1, 0.15) is 57.9 Å². The summed E-state index contributed by atoms with van der Waals surface area (Å²) in [5.41, 5.74) is 0.276. The molecule has 2 N–H and O–H groups in total. The molecule has 1 aliphatic carbocycles. The monoisotopic (exact) mass is 336 g/mol. The summed E-state index contributed by atoms with van der Waals surface area (Å²) in [7, 11) is 0. The van der Waals surface area contributed by atoms with Gasteiger partial charge in [0.25, 0.3) is 0 Å². The van der Waals surface area contributed by atoms with Crippen LogP contribution in [0.4, 0.5) is 0 Å². The molecule has 3 nitrogen and oxygen atoms in total. The SMILES string of the molecule is CC1CCCCC1N1CCC(NCC(C)(O)c2ccsc2)CC1. The number of thiophene rings is 1. The van der Waals surface area contributed by atoms with Crippen LogP contribution in [0.15, 0.2) is 16.8 Å². The molecular formula is C19H32N2OS. The summed E-state index contributed by atoms with van der Waals surface area (Å²) in [5.74, 6) is 0.868. The van der Waals surface area contributed by atoms with E-state index >= 15 is 0 Å². The molecule has 3 rings (SSSR count). The van der Waals surface area contributed by atoms with E-state index in [0.29, 0.717) is 12.6 Å². The van der Waals surface area contributed by atoms with Gasteiger partial charge in [0, 0.05) is 18.6 Å². The van der Waals surface area contributed by atoms with E-state index in [4.69, 9.17) is 0 Å². The van der Waals surface area contributed by atoms with E-state index in [2.05, 4.69) is 22.5 Å². The summed E-state index contributed by atoms with van der Waals surface area (Å²) in [5, 5.41) is 18.3. The van der Waals surface area contributed by atoms with Crippen LogP contribution >= 0.6 is 11.3 Å². The Morgan fingerprint density at radius 3 is 2.65 bits per heavy atom. The van der Waals surface area contributed by atoms with Gasteiger partial charge in [-0.15, -0.1) is 0 Å². The normalized spacial score (nSPS) is 30.2. The van der Waals surface area contributed by atoms with Crippen molar-refractivity contribution in [3.8, 4) is 0 Å². The van der Waals surface area contributed by atoms with Crippen molar-refractivity contribution in [3.05, 3.63) is 22.4 Å². The van der Waals surface area contributed by atoms with Gasteiger partial charge in [-0.1, -0.05) is 19.8 Å². The van der Waals surface area contributed by atoms with Crippen molar-refractivity contribution < 1.29 is 5.11 Å². The van der Waals surface area contributed by atoms with E-state index in [-0.39, 0.29) is 0 Å². The minimum absolute atomic E-state index is 0.551.